The van der Waals surface area contributed by atoms with Gasteiger partial charge in [-0.3, -0.25) is 4.79 Å². The van der Waals surface area contributed by atoms with Crippen molar-refractivity contribution in [2.45, 2.75) is 39.7 Å². The molecule has 0 spiro atoms. The smallest absolute Gasteiger partial charge is 0.255 e. The van der Waals surface area contributed by atoms with Crippen molar-refractivity contribution in [1.82, 2.24) is 0 Å². The molecule has 0 aromatic heterocycles. The van der Waals surface area contributed by atoms with Crippen LogP contribution in [0.4, 0.5) is 11.4 Å². The highest BCUT2D eigenvalue weighted by atomic mass is 35.5. The first kappa shape index (κ1) is 42.0. The zero-order chi connectivity index (χ0) is 40.4. The van der Waals surface area contributed by atoms with Gasteiger partial charge in [-0.1, -0.05) is 146 Å². The van der Waals surface area contributed by atoms with Gasteiger partial charge in [-0.15, -0.1) is 0 Å². The molecule has 2 N–H and O–H groups in total. The molecule has 5 nitrogen and oxygen atoms in total. The van der Waals surface area contributed by atoms with Crippen LogP contribution in [0, 0.1) is 0 Å². The molecule has 0 fully saturated rings. The van der Waals surface area contributed by atoms with Crippen LogP contribution in [-0.4, -0.2) is 12.7 Å². The van der Waals surface area contributed by atoms with Gasteiger partial charge in [0.05, 0.1) is 0 Å². The van der Waals surface area contributed by atoms with E-state index in [1.54, 1.807) is 24.3 Å². The number of hydrogen-bond donors (Lipinski definition) is 2. The van der Waals surface area contributed by atoms with Crippen LogP contribution >= 0.6 is 23.2 Å². The summed E-state index contributed by atoms with van der Waals surface area (Å²) in [6.45, 7) is 6.42. The largest absolute Gasteiger partial charge is 0.489 e. The highest BCUT2D eigenvalue weighted by molar-refractivity contribution is 6.31. The Hall–Kier alpha value is -6.14. The minimum Gasteiger partial charge on any atom is -0.489 e. The molecule has 7 heteroatoms. The van der Waals surface area contributed by atoms with E-state index in [-0.39, 0.29) is 5.91 Å². The monoisotopic (exact) mass is 792 g/mol. The zero-order valence-electron chi connectivity index (χ0n) is 32.2. The van der Waals surface area contributed by atoms with Gasteiger partial charge in [0.25, 0.3) is 5.91 Å². The Bertz CT molecular complexity index is 2300. The fourth-order valence-corrected chi connectivity index (χ4v) is 6.50. The first-order valence-corrected chi connectivity index (χ1v) is 19.7. The number of allylic oxidation sites excluding steroid dienone is 5. The molecule has 0 radical (unpaired) electrons. The number of nitrogens with one attached hydrogen (secondary N) is 2. The minimum absolute atomic E-state index is 0.203. The lowest BCUT2D eigenvalue weighted by atomic mass is 9.98. The standard InChI is InChI=1S/C47H38Cl2N2O2.C2H6.CH2O/c48-41-6-2-5-40(30-41)47(52)51-44-26-15-35(16-27-44)32-53-46-28-23-39(24-29-46)38-21-19-37(20-22-38)36-17-12-34(13-18-36)11-10-33-4-1-8-43(25-14-33)50-45-9-3-7-42(49)31-45;2*1-2/h2-9,12-31,50H,1,10-11,32H2,(H,51,52);1-2H3;1H2. The second kappa shape index (κ2) is 21.8. The van der Waals surface area contributed by atoms with Crippen LogP contribution in [0.15, 0.2) is 181 Å². The maximum atomic E-state index is 12.5. The summed E-state index contributed by atoms with van der Waals surface area (Å²) in [5.74, 6) is 0.590. The molecule has 57 heavy (non-hydrogen) atoms. The lowest BCUT2D eigenvalue weighted by Crippen LogP contribution is -2.11. The highest BCUT2D eigenvalue weighted by Crippen LogP contribution is 2.28. The Morgan fingerprint density at radius 3 is 1.79 bits per heavy atom. The highest BCUT2D eigenvalue weighted by Gasteiger charge is 2.08. The number of rotatable bonds is 12. The number of ether oxygens (including phenoxy) is 1. The first-order valence-electron chi connectivity index (χ1n) is 18.9. The third-order valence-corrected chi connectivity index (χ3v) is 9.54. The van der Waals surface area contributed by atoms with Crippen LogP contribution in [0.1, 0.15) is 48.2 Å². The summed E-state index contributed by atoms with van der Waals surface area (Å²) in [6, 6.07) is 48.0. The van der Waals surface area contributed by atoms with E-state index in [4.69, 9.17) is 32.7 Å². The minimum atomic E-state index is -0.203. The molecule has 1 aliphatic rings. The van der Waals surface area contributed by atoms with Crippen molar-refractivity contribution in [3.8, 4) is 28.0 Å². The zero-order valence-corrected chi connectivity index (χ0v) is 33.7. The van der Waals surface area contributed by atoms with Crippen LogP contribution in [0.3, 0.4) is 0 Å². The van der Waals surface area contributed by atoms with Crippen molar-refractivity contribution >= 4 is 47.3 Å². The van der Waals surface area contributed by atoms with Crippen molar-refractivity contribution in [1.29, 1.82) is 0 Å². The Morgan fingerprint density at radius 1 is 0.614 bits per heavy atom. The lowest BCUT2D eigenvalue weighted by Gasteiger charge is -2.10. The maximum absolute atomic E-state index is 12.5. The fraction of sp³-hybridized carbons (Fsp3) is 0.120. The summed E-state index contributed by atoms with van der Waals surface area (Å²) < 4.78 is 6.04. The number of carbonyl (C=O) groups is 2. The summed E-state index contributed by atoms with van der Waals surface area (Å²) in [5, 5.41) is 7.60. The molecule has 0 aliphatic heterocycles. The van der Waals surface area contributed by atoms with Crippen LogP contribution in [-0.2, 0) is 17.8 Å². The molecule has 0 saturated carbocycles. The Balaban J connectivity index is 0.00000150. The maximum Gasteiger partial charge on any atom is 0.255 e. The molecule has 0 heterocycles. The van der Waals surface area contributed by atoms with Gasteiger partial charge in [0.1, 0.15) is 19.1 Å². The van der Waals surface area contributed by atoms with Crippen LogP contribution in [0.25, 0.3) is 22.3 Å². The molecule has 6 aromatic carbocycles. The number of aryl methyl sites for hydroxylation is 1. The Labute approximate surface area is 346 Å². The van der Waals surface area contributed by atoms with Crippen molar-refractivity contribution in [3.63, 3.8) is 0 Å². The third kappa shape index (κ3) is 12.7. The summed E-state index contributed by atoms with van der Waals surface area (Å²) >= 11 is 12.2. The van der Waals surface area contributed by atoms with Crippen molar-refractivity contribution in [2.75, 3.05) is 10.6 Å². The summed E-state index contributed by atoms with van der Waals surface area (Å²) in [7, 11) is 0. The van der Waals surface area contributed by atoms with Gasteiger partial charge in [-0.2, -0.15) is 0 Å². The second-order valence-corrected chi connectivity index (χ2v) is 13.8. The topological polar surface area (TPSA) is 67.4 Å². The summed E-state index contributed by atoms with van der Waals surface area (Å²) in [6.07, 6.45) is 11.7. The van der Waals surface area contributed by atoms with E-state index in [1.807, 2.05) is 81.3 Å². The summed E-state index contributed by atoms with van der Waals surface area (Å²) in [4.78, 5) is 20.5. The number of halogens is 2. The van der Waals surface area contributed by atoms with Crippen LogP contribution in [0.2, 0.25) is 10.0 Å². The fourth-order valence-electron chi connectivity index (χ4n) is 6.12. The van der Waals surface area contributed by atoms with Gasteiger partial charge in [0, 0.05) is 32.7 Å². The Morgan fingerprint density at radius 2 is 1.18 bits per heavy atom. The van der Waals surface area contributed by atoms with E-state index < -0.39 is 0 Å². The average molecular weight is 794 g/mol. The van der Waals surface area contributed by atoms with E-state index in [9.17, 15) is 4.79 Å². The average Bonchev–Trinajstić information content (AvgIpc) is 3.49. The van der Waals surface area contributed by atoms with Crippen LogP contribution in [0.5, 0.6) is 5.75 Å². The molecule has 1 amide bonds. The van der Waals surface area contributed by atoms with E-state index in [1.165, 1.54) is 22.3 Å². The molecule has 6 aromatic rings. The number of anilines is 2. The molecule has 0 saturated heterocycles. The molecule has 288 valence electrons. The quantitative estimate of drug-likeness (QED) is 0.129. The van der Waals surface area contributed by atoms with Crippen molar-refractivity contribution in [2.24, 2.45) is 0 Å². The SMILES string of the molecule is C=O.CC.O=C(Nc1ccc(COc2ccc(-c3ccc(-c4ccc(CCC5=CCC=C(Nc6cccc(Cl)c6)C=C5)cc4)cc3)cc2)cc1)c1cccc(Cl)c1. The van der Waals surface area contributed by atoms with Crippen molar-refractivity contribution in [3.05, 3.63) is 208 Å². The van der Waals surface area contributed by atoms with Gasteiger partial charge in [0.15, 0.2) is 0 Å². The molecule has 0 atom stereocenters. The van der Waals surface area contributed by atoms with Gasteiger partial charge in [-0.05, 0) is 119 Å². The number of benzene rings is 6. The van der Waals surface area contributed by atoms with E-state index in [2.05, 4.69) is 95.6 Å². The van der Waals surface area contributed by atoms with Gasteiger partial charge in [-0.25, -0.2) is 0 Å². The first-order chi connectivity index (χ1) is 27.9. The third-order valence-electron chi connectivity index (χ3n) is 9.07. The molecule has 1 aliphatic carbocycles. The Kier molecular flexibility index (Phi) is 16.1. The summed E-state index contributed by atoms with van der Waals surface area (Å²) in [5.41, 5.74) is 11.6. The van der Waals surface area contributed by atoms with E-state index in [0.29, 0.717) is 22.9 Å². The second-order valence-electron chi connectivity index (χ2n) is 12.9. The van der Waals surface area contributed by atoms with Gasteiger partial charge >= 0.3 is 0 Å². The number of hydrogen-bond acceptors (Lipinski definition) is 4. The normalized spacial score (nSPS) is 11.6. The molecular formula is C50H46Cl2N2O3. The van der Waals surface area contributed by atoms with Crippen molar-refractivity contribution < 1.29 is 14.3 Å². The predicted molar refractivity (Wildman–Crippen MR) is 239 cm³/mol. The molecular weight excluding hydrogens is 747 g/mol. The molecule has 0 unspecified atom stereocenters. The number of amides is 1. The van der Waals surface area contributed by atoms with Crippen LogP contribution < -0.4 is 15.4 Å². The number of carbonyl (C=O) groups excluding carboxylic acids is 2. The van der Waals surface area contributed by atoms with E-state index >= 15 is 0 Å². The van der Waals surface area contributed by atoms with Gasteiger partial charge in [0.2, 0.25) is 0 Å². The molecule has 0 bridgehead atoms. The van der Waals surface area contributed by atoms with Gasteiger partial charge < -0.3 is 20.2 Å². The predicted octanol–water partition coefficient (Wildman–Crippen LogP) is 13.8. The van der Waals surface area contributed by atoms with E-state index in [0.717, 1.165) is 58.1 Å². The molecule has 7 rings (SSSR count). The lowest BCUT2D eigenvalue weighted by molar-refractivity contribution is -0.0980.